The molecule has 8 nitrogen and oxygen atoms in total. The Morgan fingerprint density at radius 3 is 2.72 bits per heavy atom. The molecule has 1 amide bonds. The van der Waals surface area contributed by atoms with Crippen LogP contribution in [0.25, 0.3) is 17.3 Å². The van der Waals surface area contributed by atoms with E-state index in [2.05, 4.69) is 20.7 Å². The number of carbonyl (C=O) groups excluding carboxylic acids is 1. The first-order chi connectivity index (χ1) is 14.0. The van der Waals surface area contributed by atoms with E-state index in [1.165, 1.54) is 23.9 Å². The summed E-state index contributed by atoms with van der Waals surface area (Å²) in [5.41, 5.74) is 7.01. The number of nitro benzene ring substituents is 1. The zero-order valence-corrected chi connectivity index (χ0v) is 15.9. The van der Waals surface area contributed by atoms with Crippen LogP contribution >= 0.6 is 0 Å². The van der Waals surface area contributed by atoms with Crippen molar-refractivity contribution in [2.45, 2.75) is 13.8 Å². The lowest BCUT2D eigenvalue weighted by molar-refractivity contribution is -0.385. The maximum absolute atomic E-state index is 12.2. The molecule has 1 heterocycles. The van der Waals surface area contributed by atoms with Crippen molar-refractivity contribution in [2.24, 2.45) is 5.10 Å². The molecule has 0 fully saturated rings. The number of hydrazone groups is 1. The van der Waals surface area contributed by atoms with E-state index in [9.17, 15) is 14.9 Å². The Hall–Kier alpha value is -4.07. The molecule has 0 aliphatic heterocycles. The SMILES string of the molecule is Cc1ccc(-c2cc(C(=O)NN=CC=Cc3ccccc3[N+](=O)[O-])[nH]n2)cc1C. The van der Waals surface area contributed by atoms with Gasteiger partial charge >= 0.3 is 0 Å². The minimum absolute atomic E-state index is 0.00230. The van der Waals surface area contributed by atoms with Crippen LogP contribution in [0.1, 0.15) is 27.2 Å². The molecule has 0 radical (unpaired) electrons. The predicted octanol–water partition coefficient (Wildman–Crippen LogP) is 4.03. The van der Waals surface area contributed by atoms with E-state index < -0.39 is 10.8 Å². The van der Waals surface area contributed by atoms with Gasteiger partial charge < -0.3 is 0 Å². The van der Waals surface area contributed by atoms with Gasteiger partial charge in [-0.25, -0.2) is 5.43 Å². The summed E-state index contributed by atoms with van der Waals surface area (Å²) in [4.78, 5) is 22.7. The summed E-state index contributed by atoms with van der Waals surface area (Å²) in [6.07, 6.45) is 4.40. The fraction of sp³-hybridized carbons (Fsp3) is 0.0952. The number of nitro groups is 1. The quantitative estimate of drug-likeness (QED) is 0.376. The molecule has 1 aromatic heterocycles. The Bertz CT molecular complexity index is 1120. The topological polar surface area (TPSA) is 113 Å². The number of carbonyl (C=O) groups is 1. The molecule has 8 heteroatoms. The lowest BCUT2D eigenvalue weighted by Gasteiger charge is -2.01. The molecule has 0 bridgehead atoms. The van der Waals surface area contributed by atoms with Gasteiger partial charge in [-0.15, -0.1) is 0 Å². The van der Waals surface area contributed by atoms with Crippen LogP contribution in [0.3, 0.4) is 0 Å². The Kier molecular flexibility index (Phi) is 5.94. The number of para-hydroxylation sites is 1. The number of amides is 1. The van der Waals surface area contributed by atoms with Crippen LogP contribution in [-0.2, 0) is 0 Å². The number of aryl methyl sites for hydroxylation is 2. The molecule has 29 heavy (non-hydrogen) atoms. The number of allylic oxidation sites excluding steroid dienone is 1. The largest absolute Gasteiger partial charge is 0.289 e. The fourth-order valence-corrected chi connectivity index (χ4v) is 2.63. The molecule has 0 aliphatic rings. The standard InChI is InChI=1S/C21H19N5O3/c1-14-9-10-17(12-15(14)2)18-13-19(24-23-18)21(27)25-22-11-5-7-16-6-3-4-8-20(16)26(28)29/h3-13H,1-2H3,(H,23,24)(H,25,27). The summed E-state index contributed by atoms with van der Waals surface area (Å²) < 4.78 is 0. The Labute approximate surface area is 167 Å². The van der Waals surface area contributed by atoms with Crippen LogP contribution in [0.4, 0.5) is 5.69 Å². The van der Waals surface area contributed by atoms with Crippen LogP contribution in [-0.4, -0.2) is 27.2 Å². The van der Waals surface area contributed by atoms with Gasteiger partial charge in [0.15, 0.2) is 0 Å². The van der Waals surface area contributed by atoms with Crippen LogP contribution < -0.4 is 5.43 Å². The highest BCUT2D eigenvalue weighted by molar-refractivity contribution is 5.94. The summed E-state index contributed by atoms with van der Waals surface area (Å²) in [5, 5.41) is 21.7. The zero-order chi connectivity index (χ0) is 20.8. The molecule has 0 saturated carbocycles. The average molecular weight is 389 g/mol. The second-order valence-electron chi connectivity index (χ2n) is 6.36. The second kappa shape index (κ2) is 8.75. The zero-order valence-electron chi connectivity index (χ0n) is 15.9. The number of H-pyrrole nitrogens is 1. The van der Waals surface area contributed by atoms with Gasteiger partial charge in [-0.2, -0.15) is 10.2 Å². The summed E-state index contributed by atoms with van der Waals surface area (Å²) in [5.74, 6) is -0.442. The molecule has 3 aromatic rings. The number of hydrogen-bond acceptors (Lipinski definition) is 5. The molecule has 0 saturated heterocycles. The summed E-state index contributed by atoms with van der Waals surface area (Å²) in [6, 6.07) is 14.0. The van der Waals surface area contributed by atoms with Crippen molar-refractivity contribution >= 4 is 23.9 Å². The predicted molar refractivity (Wildman–Crippen MR) is 112 cm³/mol. The van der Waals surface area contributed by atoms with Gasteiger partial charge in [0, 0.05) is 17.8 Å². The summed E-state index contributed by atoms with van der Waals surface area (Å²) in [6.45, 7) is 4.05. The Morgan fingerprint density at radius 1 is 1.17 bits per heavy atom. The van der Waals surface area contributed by atoms with Gasteiger partial charge in [0.25, 0.3) is 11.6 Å². The number of hydrogen-bond donors (Lipinski definition) is 2. The van der Waals surface area contributed by atoms with Crippen molar-refractivity contribution in [2.75, 3.05) is 0 Å². The maximum atomic E-state index is 12.2. The molecule has 0 atom stereocenters. The van der Waals surface area contributed by atoms with Crippen molar-refractivity contribution in [3.63, 3.8) is 0 Å². The third kappa shape index (κ3) is 4.81. The van der Waals surface area contributed by atoms with E-state index in [4.69, 9.17) is 0 Å². The Balaban J connectivity index is 1.62. The highest BCUT2D eigenvalue weighted by atomic mass is 16.6. The van der Waals surface area contributed by atoms with Gasteiger partial charge in [0.2, 0.25) is 0 Å². The normalized spacial score (nSPS) is 11.2. The first-order valence-corrected chi connectivity index (χ1v) is 8.82. The maximum Gasteiger partial charge on any atom is 0.289 e. The minimum Gasteiger partial charge on any atom is -0.272 e. The highest BCUT2D eigenvalue weighted by Gasteiger charge is 2.11. The van der Waals surface area contributed by atoms with Crippen molar-refractivity contribution in [3.8, 4) is 11.3 Å². The number of benzene rings is 2. The van der Waals surface area contributed by atoms with Crippen molar-refractivity contribution in [1.29, 1.82) is 0 Å². The van der Waals surface area contributed by atoms with E-state index in [0.717, 1.165) is 11.1 Å². The highest BCUT2D eigenvalue weighted by Crippen LogP contribution is 2.21. The van der Waals surface area contributed by atoms with E-state index in [1.807, 2.05) is 32.0 Å². The molecular weight excluding hydrogens is 370 g/mol. The van der Waals surface area contributed by atoms with E-state index >= 15 is 0 Å². The average Bonchev–Trinajstić information content (AvgIpc) is 3.20. The number of rotatable bonds is 6. The van der Waals surface area contributed by atoms with E-state index in [-0.39, 0.29) is 11.4 Å². The second-order valence-corrected chi connectivity index (χ2v) is 6.36. The first-order valence-electron chi connectivity index (χ1n) is 8.82. The minimum atomic E-state index is -0.454. The number of nitrogens with zero attached hydrogens (tertiary/aromatic N) is 3. The number of aromatic nitrogens is 2. The van der Waals surface area contributed by atoms with Gasteiger partial charge in [0.1, 0.15) is 5.69 Å². The third-order valence-corrected chi connectivity index (χ3v) is 4.36. The van der Waals surface area contributed by atoms with Crippen LogP contribution in [0.5, 0.6) is 0 Å². The van der Waals surface area contributed by atoms with Crippen molar-refractivity contribution in [1.82, 2.24) is 15.6 Å². The molecule has 3 rings (SSSR count). The summed E-state index contributed by atoms with van der Waals surface area (Å²) in [7, 11) is 0. The van der Waals surface area contributed by atoms with Crippen LogP contribution in [0.15, 0.2) is 59.7 Å². The number of nitrogens with one attached hydrogen (secondary N) is 2. The van der Waals surface area contributed by atoms with Gasteiger partial charge in [-0.1, -0.05) is 24.3 Å². The van der Waals surface area contributed by atoms with Crippen molar-refractivity contribution < 1.29 is 9.72 Å². The monoisotopic (exact) mass is 389 g/mol. The van der Waals surface area contributed by atoms with Crippen LogP contribution in [0, 0.1) is 24.0 Å². The van der Waals surface area contributed by atoms with Gasteiger partial charge in [0.05, 0.1) is 16.2 Å². The molecular formula is C21H19N5O3. The molecule has 0 spiro atoms. The smallest absolute Gasteiger partial charge is 0.272 e. The third-order valence-electron chi connectivity index (χ3n) is 4.36. The Morgan fingerprint density at radius 2 is 1.97 bits per heavy atom. The molecule has 146 valence electrons. The molecule has 0 unspecified atom stereocenters. The van der Waals surface area contributed by atoms with E-state index in [1.54, 1.807) is 30.3 Å². The van der Waals surface area contributed by atoms with Gasteiger partial charge in [-0.05, 0) is 55.3 Å². The molecule has 0 aliphatic carbocycles. The lowest BCUT2D eigenvalue weighted by atomic mass is 10.0. The van der Waals surface area contributed by atoms with E-state index in [0.29, 0.717) is 11.3 Å². The first kappa shape index (κ1) is 19.7. The van der Waals surface area contributed by atoms with Crippen molar-refractivity contribution in [3.05, 3.63) is 87.1 Å². The number of aromatic amines is 1. The fourth-order valence-electron chi connectivity index (χ4n) is 2.63. The summed E-state index contributed by atoms with van der Waals surface area (Å²) >= 11 is 0. The van der Waals surface area contributed by atoms with Gasteiger partial charge in [-0.3, -0.25) is 20.0 Å². The molecule has 2 N–H and O–H groups in total. The molecule has 2 aromatic carbocycles. The lowest BCUT2D eigenvalue weighted by Crippen LogP contribution is -2.17. The van der Waals surface area contributed by atoms with Crippen LogP contribution in [0.2, 0.25) is 0 Å².